The first-order valence-electron chi connectivity index (χ1n) is 4.79. The molecule has 90 valence electrons. The highest BCUT2D eigenvalue weighted by molar-refractivity contribution is 5.97. The Balaban J connectivity index is 4.64. The van der Waals surface area contributed by atoms with Crippen LogP contribution in [0.2, 0.25) is 0 Å². The fraction of sp³-hybridized carbons (Fsp3) is 0.455. The van der Waals surface area contributed by atoms with Crippen LogP contribution in [0.25, 0.3) is 0 Å². The van der Waals surface area contributed by atoms with Crippen LogP contribution in [0, 0.1) is 0 Å². The van der Waals surface area contributed by atoms with E-state index in [1.54, 1.807) is 13.8 Å². The lowest BCUT2D eigenvalue weighted by Crippen LogP contribution is -2.28. The first-order chi connectivity index (χ1) is 7.31. The Morgan fingerprint density at radius 1 is 1.38 bits per heavy atom. The van der Waals surface area contributed by atoms with E-state index in [1.807, 2.05) is 0 Å². The topological polar surface area (TPSA) is 83.8 Å². The predicted octanol–water partition coefficient (Wildman–Crippen LogP) is 1.24. The van der Waals surface area contributed by atoms with E-state index in [0.717, 1.165) is 0 Å². The number of ether oxygens (including phenoxy) is 1. The van der Waals surface area contributed by atoms with Crippen molar-refractivity contribution in [2.75, 3.05) is 0 Å². The summed E-state index contributed by atoms with van der Waals surface area (Å²) in [5, 5.41) is 18.8. The first-order valence-corrected chi connectivity index (χ1v) is 4.79. The summed E-state index contributed by atoms with van der Waals surface area (Å²) in [6, 6.07) is 0. The molecule has 0 heterocycles. The smallest absolute Gasteiger partial charge is 0.350 e. The minimum Gasteiger partial charge on any atom is -0.509 e. The third-order valence-electron chi connectivity index (χ3n) is 1.99. The molecule has 0 aliphatic heterocycles. The second kappa shape index (κ2) is 6.07. The van der Waals surface area contributed by atoms with Crippen molar-refractivity contribution in [2.45, 2.75) is 33.3 Å². The van der Waals surface area contributed by atoms with Crippen molar-refractivity contribution in [1.82, 2.24) is 0 Å². The molecule has 0 aliphatic rings. The van der Waals surface area contributed by atoms with E-state index >= 15 is 0 Å². The SMILES string of the molecule is C=C(C)C(=O)OC(=O)C(O)/C(O)=C(\C)CC. The van der Waals surface area contributed by atoms with Crippen LogP contribution in [0.3, 0.4) is 0 Å². The van der Waals surface area contributed by atoms with Crippen LogP contribution in [-0.4, -0.2) is 28.3 Å². The van der Waals surface area contributed by atoms with Crippen LogP contribution in [0.1, 0.15) is 27.2 Å². The van der Waals surface area contributed by atoms with Crippen molar-refractivity contribution in [3.05, 3.63) is 23.5 Å². The van der Waals surface area contributed by atoms with Gasteiger partial charge in [-0.15, -0.1) is 0 Å². The summed E-state index contributed by atoms with van der Waals surface area (Å²) in [6.45, 7) is 7.97. The highest BCUT2D eigenvalue weighted by Crippen LogP contribution is 2.11. The van der Waals surface area contributed by atoms with Gasteiger partial charge in [-0.2, -0.15) is 0 Å². The number of hydrogen-bond donors (Lipinski definition) is 2. The molecule has 5 heteroatoms. The van der Waals surface area contributed by atoms with Gasteiger partial charge in [0.2, 0.25) is 6.10 Å². The molecule has 5 nitrogen and oxygen atoms in total. The van der Waals surface area contributed by atoms with Crippen molar-refractivity contribution >= 4 is 11.9 Å². The molecule has 0 aromatic rings. The maximum atomic E-state index is 11.2. The average Bonchev–Trinajstić information content (AvgIpc) is 2.25. The van der Waals surface area contributed by atoms with Crippen molar-refractivity contribution in [2.24, 2.45) is 0 Å². The minimum absolute atomic E-state index is 0.0382. The van der Waals surface area contributed by atoms with Gasteiger partial charge in [0.15, 0.2) is 0 Å². The van der Waals surface area contributed by atoms with E-state index < -0.39 is 23.8 Å². The number of esters is 2. The molecule has 0 aromatic carbocycles. The molecular formula is C11H16O5. The average molecular weight is 228 g/mol. The zero-order valence-electron chi connectivity index (χ0n) is 9.61. The van der Waals surface area contributed by atoms with Crippen LogP contribution in [0.4, 0.5) is 0 Å². The zero-order valence-corrected chi connectivity index (χ0v) is 9.61. The molecule has 0 amide bonds. The number of aliphatic hydroxyl groups is 2. The van der Waals surface area contributed by atoms with Crippen molar-refractivity contribution in [1.29, 1.82) is 0 Å². The Labute approximate surface area is 94.0 Å². The summed E-state index contributed by atoms with van der Waals surface area (Å²) in [7, 11) is 0. The molecule has 0 saturated carbocycles. The lowest BCUT2D eigenvalue weighted by Gasteiger charge is -2.10. The molecule has 0 fully saturated rings. The molecule has 0 rings (SSSR count). The summed E-state index contributed by atoms with van der Waals surface area (Å²) >= 11 is 0. The van der Waals surface area contributed by atoms with E-state index in [2.05, 4.69) is 11.3 Å². The Bertz CT molecular complexity index is 340. The molecular weight excluding hydrogens is 212 g/mol. The largest absolute Gasteiger partial charge is 0.509 e. The van der Waals surface area contributed by atoms with E-state index in [0.29, 0.717) is 12.0 Å². The third-order valence-corrected chi connectivity index (χ3v) is 1.99. The monoisotopic (exact) mass is 228 g/mol. The molecule has 1 atom stereocenters. The maximum Gasteiger partial charge on any atom is 0.350 e. The summed E-state index contributed by atoms with van der Waals surface area (Å²) in [6.07, 6.45) is -1.35. The van der Waals surface area contributed by atoms with Gasteiger partial charge in [0.25, 0.3) is 0 Å². The van der Waals surface area contributed by atoms with Crippen LogP contribution in [-0.2, 0) is 14.3 Å². The van der Waals surface area contributed by atoms with E-state index in [-0.39, 0.29) is 5.57 Å². The summed E-state index contributed by atoms with van der Waals surface area (Å²) in [4.78, 5) is 22.2. The molecule has 0 aliphatic carbocycles. The molecule has 0 spiro atoms. The van der Waals surface area contributed by atoms with Gasteiger partial charge in [-0.05, 0) is 25.8 Å². The van der Waals surface area contributed by atoms with E-state index in [1.165, 1.54) is 6.92 Å². The highest BCUT2D eigenvalue weighted by atomic mass is 16.6. The number of carbonyl (C=O) groups is 2. The molecule has 16 heavy (non-hydrogen) atoms. The zero-order chi connectivity index (χ0) is 12.9. The van der Waals surface area contributed by atoms with Crippen LogP contribution in [0.5, 0.6) is 0 Å². The molecule has 0 aromatic heterocycles. The number of rotatable bonds is 4. The first kappa shape index (κ1) is 14.4. The van der Waals surface area contributed by atoms with Crippen LogP contribution in [0.15, 0.2) is 23.5 Å². The fourth-order valence-electron chi connectivity index (χ4n) is 0.760. The second-order valence-corrected chi connectivity index (χ2v) is 3.41. The number of allylic oxidation sites excluding steroid dienone is 1. The van der Waals surface area contributed by atoms with Gasteiger partial charge in [-0.1, -0.05) is 13.5 Å². The van der Waals surface area contributed by atoms with Crippen molar-refractivity contribution in [3.8, 4) is 0 Å². The minimum atomic E-state index is -1.83. The summed E-state index contributed by atoms with van der Waals surface area (Å²) in [5.41, 5.74) is 0.489. The van der Waals surface area contributed by atoms with Crippen LogP contribution < -0.4 is 0 Å². The van der Waals surface area contributed by atoms with Gasteiger partial charge in [0.1, 0.15) is 5.76 Å². The van der Waals surface area contributed by atoms with Crippen LogP contribution >= 0.6 is 0 Å². The summed E-state index contributed by atoms with van der Waals surface area (Å²) in [5.74, 6) is -2.62. The number of carbonyl (C=O) groups excluding carboxylic acids is 2. The molecule has 1 unspecified atom stereocenters. The molecule has 0 saturated heterocycles. The standard InChI is InChI=1S/C11H16O5/c1-5-7(4)8(12)9(13)11(15)16-10(14)6(2)3/h9,12-13H,2,5H2,1,3-4H3/b8-7-. The Morgan fingerprint density at radius 2 is 1.88 bits per heavy atom. The fourth-order valence-corrected chi connectivity index (χ4v) is 0.760. The number of aliphatic hydroxyl groups excluding tert-OH is 2. The van der Waals surface area contributed by atoms with Crippen molar-refractivity contribution < 1.29 is 24.5 Å². The van der Waals surface area contributed by atoms with E-state index in [9.17, 15) is 19.8 Å². The Hall–Kier alpha value is -1.62. The van der Waals surface area contributed by atoms with Gasteiger partial charge in [-0.25, -0.2) is 9.59 Å². The van der Waals surface area contributed by atoms with Gasteiger partial charge >= 0.3 is 11.9 Å². The lowest BCUT2D eigenvalue weighted by atomic mass is 10.1. The highest BCUT2D eigenvalue weighted by Gasteiger charge is 2.25. The number of hydrogen-bond acceptors (Lipinski definition) is 5. The summed E-state index contributed by atoms with van der Waals surface area (Å²) < 4.78 is 4.27. The predicted molar refractivity (Wildman–Crippen MR) is 57.5 cm³/mol. The normalized spacial score (nSPS) is 13.8. The third kappa shape index (κ3) is 3.86. The quantitative estimate of drug-likeness (QED) is 0.327. The van der Waals surface area contributed by atoms with Gasteiger partial charge in [0.05, 0.1) is 0 Å². The van der Waals surface area contributed by atoms with Gasteiger partial charge in [-0.3, -0.25) is 0 Å². The molecule has 2 N–H and O–H groups in total. The second-order valence-electron chi connectivity index (χ2n) is 3.41. The maximum absolute atomic E-state index is 11.2. The molecule has 0 bridgehead atoms. The van der Waals surface area contributed by atoms with Gasteiger partial charge < -0.3 is 14.9 Å². The molecule has 0 radical (unpaired) electrons. The Morgan fingerprint density at radius 3 is 2.25 bits per heavy atom. The van der Waals surface area contributed by atoms with Gasteiger partial charge in [0, 0.05) is 5.57 Å². The van der Waals surface area contributed by atoms with Crippen molar-refractivity contribution in [3.63, 3.8) is 0 Å². The lowest BCUT2D eigenvalue weighted by molar-refractivity contribution is -0.163. The Kier molecular flexibility index (Phi) is 5.46. The van der Waals surface area contributed by atoms with E-state index in [4.69, 9.17) is 0 Å².